The van der Waals surface area contributed by atoms with Gasteiger partial charge in [-0.05, 0) is 42.5 Å². The van der Waals surface area contributed by atoms with E-state index in [0.29, 0.717) is 17.1 Å². The molecule has 0 spiro atoms. The average molecular weight is 410 g/mol. The molecule has 1 fully saturated rings. The lowest BCUT2D eigenvalue weighted by molar-refractivity contribution is -0.161. The Morgan fingerprint density at radius 3 is 2.53 bits per heavy atom. The van der Waals surface area contributed by atoms with Crippen LogP contribution in [0.4, 0.5) is 4.39 Å². The number of amides is 1. The van der Waals surface area contributed by atoms with Crippen LogP contribution in [0.1, 0.15) is 10.4 Å². The standard InChI is InChI=1S/C22H19FN2O5/c1-29-17-7-4-15-8-18(10-24-19(15)9-17)30-13-22(21(27)28)11-25(12-22)20(26)14-2-5-16(23)6-3-14/h2-10H,11-13H2,1H3,(H,27,28). The molecule has 4 rings (SSSR count). The van der Waals surface area contributed by atoms with Crippen molar-refractivity contribution < 1.29 is 28.6 Å². The summed E-state index contributed by atoms with van der Waals surface area (Å²) in [6.45, 7) is -0.0770. The van der Waals surface area contributed by atoms with Gasteiger partial charge < -0.3 is 19.5 Å². The molecule has 1 amide bonds. The second-order valence-electron chi connectivity index (χ2n) is 7.27. The van der Waals surface area contributed by atoms with Crippen LogP contribution in [0.15, 0.2) is 54.7 Å². The number of likely N-dealkylation sites (tertiary alicyclic amines) is 1. The Morgan fingerprint density at radius 2 is 1.87 bits per heavy atom. The van der Waals surface area contributed by atoms with Crippen molar-refractivity contribution in [2.24, 2.45) is 5.41 Å². The Balaban J connectivity index is 1.43. The van der Waals surface area contributed by atoms with Crippen molar-refractivity contribution in [2.45, 2.75) is 0 Å². The van der Waals surface area contributed by atoms with Crippen LogP contribution in [-0.4, -0.2) is 53.7 Å². The van der Waals surface area contributed by atoms with E-state index in [1.165, 1.54) is 35.4 Å². The topological polar surface area (TPSA) is 89.0 Å². The van der Waals surface area contributed by atoms with Gasteiger partial charge in [0.25, 0.3) is 5.91 Å². The number of fused-ring (bicyclic) bond motifs is 1. The molecule has 0 radical (unpaired) electrons. The number of benzene rings is 2. The quantitative estimate of drug-likeness (QED) is 0.672. The summed E-state index contributed by atoms with van der Waals surface area (Å²) in [6.07, 6.45) is 1.53. The number of aromatic nitrogens is 1. The van der Waals surface area contributed by atoms with E-state index in [0.717, 1.165) is 10.9 Å². The van der Waals surface area contributed by atoms with Crippen LogP contribution >= 0.6 is 0 Å². The highest BCUT2D eigenvalue weighted by Crippen LogP contribution is 2.33. The van der Waals surface area contributed by atoms with Crippen LogP contribution in [0.25, 0.3) is 10.9 Å². The highest BCUT2D eigenvalue weighted by atomic mass is 19.1. The van der Waals surface area contributed by atoms with E-state index in [-0.39, 0.29) is 25.6 Å². The molecule has 1 aliphatic heterocycles. The predicted molar refractivity (Wildman–Crippen MR) is 106 cm³/mol. The number of pyridine rings is 1. The fourth-order valence-corrected chi connectivity index (χ4v) is 3.40. The summed E-state index contributed by atoms with van der Waals surface area (Å²) in [6, 6.07) is 12.4. The third-order valence-corrected chi connectivity index (χ3v) is 5.20. The van der Waals surface area contributed by atoms with Gasteiger partial charge >= 0.3 is 5.97 Å². The fraction of sp³-hybridized carbons (Fsp3) is 0.227. The lowest BCUT2D eigenvalue weighted by Gasteiger charge is -2.46. The van der Waals surface area contributed by atoms with E-state index in [2.05, 4.69) is 4.98 Å². The number of halogens is 1. The van der Waals surface area contributed by atoms with Gasteiger partial charge in [-0.1, -0.05) is 0 Å². The lowest BCUT2D eigenvalue weighted by atomic mass is 9.80. The second-order valence-corrected chi connectivity index (χ2v) is 7.27. The fourth-order valence-electron chi connectivity index (χ4n) is 3.40. The number of carbonyl (C=O) groups excluding carboxylic acids is 1. The van der Waals surface area contributed by atoms with Gasteiger partial charge in [0.15, 0.2) is 0 Å². The summed E-state index contributed by atoms with van der Waals surface area (Å²) >= 11 is 0. The van der Waals surface area contributed by atoms with Crippen molar-refractivity contribution in [3.63, 3.8) is 0 Å². The number of methoxy groups -OCH3 is 1. The molecule has 30 heavy (non-hydrogen) atoms. The Labute approximate surface area is 171 Å². The number of carboxylic acid groups (broad SMARTS) is 1. The summed E-state index contributed by atoms with van der Waals surface area (Å²) in [5, 5.41) is 10.5. The molecular weight excluding hydrogens is 391 g/mol. The molecule has 3 aromatic rings. The molecule has 0 saturated carbocycles. The van der Waals surface area contributed by atoms with Gasteiger partial charge in [0.1, 0.15) is 29.3 Å². The third-order valence-electron chi connectivity index (χ3n) is 5.20. The van der Waals surface area contributed by atoms with Crippen LogP contribution in [0.2, 0.25) is 0 Å². The van der Waals surface area contributed by atoms with Crippen LogP contribution < -0.4 is 9.47 Å². The van der Waals surface area contributed by atoms with Gasteiger partial charge in [-0.15, -0.1) is 0 Å². The number of rotatable bonds is 6. The van der Waals surface area contributed by atoms with Gasteiger partial charge in [-0.25, -0.2) is 4.39 Å². The summed E-state index contributed by atoms with van der Waals surface area (Å²) in [7, 11) is 1.58. The van der Waals surface area contributed by atoms with Gasteiger partial charge in [0.05, 0.1) is 18.8 Å². The smallest absolute Gasteiger partial charge is 0.316 e. The number of hydrogen-bond donors (Lipinski definition) is 1. The first-order valence-electron chi connectivity index (χ1n) is 9.25. The summed E-state index contributed by atoms with van der Waals surface area (Å²) < 4.78 is 23.9. The van der Waals surface area contributed by atoms with Crippen LogP contribution in [-0.2, 0) is 4.79 Å². The van der Waals surface area contributed by atoms with Crippen molar-refractivity contribution in [3.8, 4) is 11.5 Å². The van der Waals surface area contributed by atoms with E-state index >= 15 is 0 Å². The molecule has 7 nitrogen and oxygen atoms in total. The summed E-state index contributed by atoms with van der Waals surface area (Å²) in [5.41, 5.74) is -0.162. The van der Waals surface area contributed by atoms with Gasteiger partial charge in [0.2, 0.25) is 0 Å². The molecule has 0 aliphatic carbocycles. The molecule has 1 aliphatic rings. The zero-order valence-corrected chi connectivity index (χ0v) is 16.2. The van der Waals surface area contributed by atoms with E-state index in [1.807, 2.05) is 6.07 Å². The van der Waals surface area contributed by atoms with Gasteiger partial charge in [0, 0.05) is 30.1 Å². The maximum Gasteiger partial charge on any atom is 0.316 e. The van der Waals surface area contributed by atoms with Crippen molar-refractivity contribution in [1.29, 1.82) is 0 Å². The van der Waals surface area contributed by atoms with E-state index in [1.54, 1.807) is 25.3 Å². The van der Waals surface area contributed by atoms with Crippen molar-refractivity contribution >= 4 is 22.8 Å². The Morgan fingerprint density at radius 1 is 1.13 bits per heavy atom. The second kappa shape index (κ2) is 7.62. The van der Waals surface area contributed by atoms with Crippen molar-refractivity contribution in [2.75, 3.05) is 26.8 Å². The summed E-state index contributed by atoms with van der Waals surface area (Å²) in [5.74, 6) is -0.686. The first kappa shape index (κ1) is 19.6. The minimum Gasteiger partial charge on any atom is -0.497 e. The third kappa shape index (κ3) is 3.63. The summed E-state index contributed by atoms with van der Waals surface area (Å²) in [4.78, 5) is 30.1. The molecule has 1 saturated heterocycles. The van der Waals surface area contributed by atoms with E-state index in [4.69, 9.17) is 9.47 Å². The number of hydrogen-bond acceptors (Lipinski definition) is 5. The number of aliphatic carboxylic acids is 1. The minimum atomic E-state index is -1.20. The average Bonchev–Trinajstić information content (AvgIpc) is 2.72. The van der Waals surface area contributed by atoms with Gasteiger partial charge in [-0.3, -0.25) is 14.6 Å². The van der Waals surface area contributed by atoms with E-state index in [9.17, 15) is 19.1 Å². The molecular formula is C22H19FN2O5. The maximum atomic E-state index is 13.0. The molecule has 0 bridgehead atoms. The highest BCUT2D eigenvalue weighted by Gasteiger charge is 2.52. The number of nitrogens with zero attached hydrogens (tertiary/aromatic N) is 2. The molecule has 0 atom stereocenters. The molecule has 0 unspecified atom stereocenters. The molecule has 2 aromatic carbocycles. The largest absolute Gasteiger partial charge is 0.497 e. The SMILES string of the molecule is COc1ccc2cc(OCC3(C(=O)O)CN(C(=O)c4ccc(F)cc4)C3)cnc2c1. The number of ether oxygens (including phenoxy) is 2. The molecule has 154 valence electrons. The zero-order valence-electron chi connectivity index (χ0n) is 16.2. The molecule has 1 aromatic heterocycles. The van der Waals surface area contributed by atoms with Crippen LogP contribution in [0.3, 0.4) is 0 Å². The highest BCUT2D eigenvalue weighted by molar-refractivity contribution is 5.96. The number of carbonyl (C=O) groups is 2. The maximum absolute atomic E-state index is 13.0. The molecule has 8 heteroatoms. The first-order chi connectivity index (χ1) is 14.4. The first-order valence-corrected chi connectivity index (χ1v) is 9.25. The van der Waals surface area contributed by atoms with Gasteiger partial charge in [-0.2, -0.15) is 0 Å². The molecule has 1 N–H and O–H groups in total. The van der Waals surface area contributed by atoms with Crippen LogP contribution in [0, 0.1) is 11.2 Å². The van der Waals surface area contributed by atoms with Crippen molar-refractivity contribution in [3.05, 3.63) is 66.1 Å². The monoisotopic (exact) mass is 410 g/mol. The van der Waals surface area contributed by atoms with Crippen LogP contribution in [0.5, 0.6) is 11.5 Å². The Bertz CT molecular complexity index is 1110. The minimum absolute atomic E-state index is 0.0107. The molecule has 2 heterocycles. The lowest BCUT2D eigenvalue weighted by Crippen LogP contribution is -2.64. The normalized spacial score (nSPS) is 14.8. The number of carboxylic acids is 1. The van der Waals surface area contributed by atoms with E-state index < -0.39 is 17.2 Å². The predicted octanol–water partition coefficient (Wildman–Crippen LogP) is 2.99. The Kier molecular flexibility index (Phi) is 4.99. The Hall–Kier alpha value is -3.68. The van der Waals surface area contributed by atoms with Crippen molar-refractivity contribution in [1.82, 2.24) is 9.88 Å². The zero-order chi connectivity index (χ0) is 21.3.